The molecule has 0 fully saturated rings. The van der Waals surface area contributed by atoms with Gasteiger partial charge in [-0.3, -0.25) is 9.36 Å². The van der Waals surface area contributed by atoms with Gasteiger partial charge in [-0.05, 0) is 25.0 Å². The summed E-state index contributed by atoms with van der Waals surface area (Å²) in [5.41, 5.74) is 11.5. The zero-order valence-corrected chi connectivity index (χ0v) is 19.6. The highest BCUT2D eigenvalue weighted by Gasteiger charge is 2.23. The molecule has 0 aliphatic carbocycles. The van der Waals surface area contributed by atoms with Gasteiger partial charge in [-0.1, -0.05) is 24.6 Å². The predicted octanol–water partition coefficient (Wildman–Crippen LogP) is 1.87. The summed E-state index contributed by atoms with van der Waals surface area (Å²) in [6, 6.07) is 6.30. The van der Waals surface area contributed by atoms with Crippen molar-refractivity contribution in [3.8, 4) is 6.07 Å². The third kappa shape index (κ3) is 5.32. The fourth-order valence-electron chi connectivity index (χ4n) is 3.43. The van der Waals surface area contributed by atoms with E-state index in [9.17, 15) is 18.5 Å². The first kappa shape index (κ1) is 24.2. The van der Waals surface area contributed by atoms with E-state index in [4.69, 9.17) is 23.1 Å². The lowest BCUT2D eigenvalue weighted by Gasteiger charge is -2.23. The van der Waals surface area contributed by atoms with Gasteiger partial charge >= 0.3 is 0 Å². The summed E-state index contributed by atoms with van der Waals surface area (Å²) in [5, 5.41) is 13.1. The van der Waals surface area contributed by atoms with Gasteiger partial charge in [0.15, 0.2) is 5.82 Å². The number of nitrogen functional groups attached to an aromatic ring is 2. The number of hydrogen-bond donors (Lipinski definition) is 3. The molecule has 5 N–H and O–H groups in total. The number of rotatable bonds is 8. The Morgan fingerprint density at radius 3 is 2.64 bits per heavy atom. The van der Waals surface area contributed by atoms with Crippen molar-refractivity contribution in [2.75, 3.05) is 28.8 Å². The topological polar surface area (TPSA) is 183 Å². The molecule has 11 nitrogen and oxygen atoms in total. The second kappa shape index (κ2) is 9.60. The van der Waals surface area contributed by atoms with Gasteiger partial charge < -0.3 is 16.8 Å². The smallest absolute Gasteiger partial charge is 0.262 e. The van der Waals surface area contributed by atoms with E-state index >= 15 is 0 Å². The van der Waals surface area contributed by atoms with Crippen molar-refractivity contribution in [3.63, 3.8) is 0 Å². The van der Waals surface area contributed by atoms with Crippen LogP contribution in [-0.4, -0.2) is 39.9 Å². The molecule has 0 saturated carbocycles. The number of halogens is 1. The molecule has 2 heterocycles. The zero-order chi connectivity index (χ0) is 24.3. The highest BCUT2D eigenvalue weighted by Crippen LogP contribution is 2.27. The first-order valence-electron chi connectivity index (χ1n) is 10.0. The van der Waals surface area contributed by atoms with Crippen LogP contribution < -0.4 is 22.3 Å². The molecule has 1 aromatic carbocycles. The van der Waals surface area contributed by atoms with Gasteiger partial charge in [0.1, 0.15) is 33.1 Å². The number of nitriles is 1. The standard InChI is InChI=1S/C20H23ClN8O3S/c1-3-13(25-17-11(10-22)16(23)27-20(24)28-17)18-26-14-7-4-6-12(21)15(14)19(30)29(18)8-5-9-33(2,31)32/h4,6-7,13H,3,5,8-9H2,1-2H3,(H5,23,24,25,27,28)/t13-/m0/s1. The van der Waals surface area contributed by atoms with Gasteiger partial charge in [-0.15, -0.1) is 0 Å². The summed E-state index contributed by atoms with van der Waals surface area (Å²) >= 11 is 6.27. The van der Waals surface area contributed by atoms with Crippen molar-refractivity contribution in [2.24, 2.45) is 0 Å². The summed E-state index contributed by atoms with van der Waals surface area (Å²) in [4.78, 5) is 25.9. The molecule has 0 radical (unpaired) electrons. The maximum absolute atomic E-state index is 13.4. The van der Waals surface area contributed by atoms with Gasteiger partial charge in [-0.25, -0.2) is 13.4 Å². The maximum Gasteiger partial charge on any atom is 0.262 e. The molecule has 3 rings (SSSR count). The van der Waals surface area contributed by atoms with Crippen LogP contribution >= 0.6 is 11.6 Å². The number of anilines is 3. The minimum Gasteiger partial charge on any atom is -0.382 e. The lowest BCUT2D eigenvalue weighted by Crippen LogP contribution is -2.30. The van der Waals surface area contributed by atoms with Crippen molar-refractivity contribution in [2.45, 2.75) is 32.4 Å². The number of nitrogens with one attached hydrogen (secondary N) is 1. The summed E-state index contributed by atoms with van der Waals surface area (Å²) < 4.78 is 24.6. The van der Waals surface area contributed by atoms with E-state index in [1.807, 2.05) is 13.0 Å². The molecule has 2 aromatic heterocycles. The quantitative estimate of drug-likeness (QED) is 0.421. The third-order valence-corrected chi connectivity index (χ3v) is 6.30. The Labute approximate surface area is 195 Å². The molecule has 0 aliphatic heterocycles. The molecular formula is C20H23ClN8O3S. The average molecular weight is 491 g/mol. The fourth-order valence-corrected chi connectivity index (χ4v) is 4.34. The highest BCUT2D eigenvalue weighted by atomic mass is 35.5. The van der Waals surface area contributed by atoms with Gasteiger partial charge in [0.2, 0.25) is 5.95 Å². The number of sulfone groups is 1. The molecule has 0 unspecified atom stereocenters. The van der Waals surface area contributed by atoms with Gasteiger partial charge in [0.25, 0.3) is 5.56 Å². The summed E-state index contributed by atoms with van der Waals surface area (Å²) in [6.07, 6.45) is 1.78. The Balaban J connectivity index is 2.16. The van der Waals surface area contributed by atoms with Gasteiger partial charge in [0, 0.05) is 12.8 Å². The number of aromatic nitrogens is 4. The molecule has 1 atom stereocenters. The molecule has 13 heteroatoms. The second-order valence-corrected chi connectivity index (χ2v) is 10.1. The third-order valence-electron chi connectivity index (χ3n) is 4.96. The monoisotopic (exact) mass is 490 g/mol. The lowest BCUT2D eigenvalue weighted by atomic mass is 10.1. The summed E-state index contributed by atoms with van der Waals surface area (Å²) in [6.45, 7) is 1.96. The molecule has 174 valence electrons. The SMILES string of the molecule is CC[C@H](Nc1nc(N)nc(N)c1C#N)c1nc2cccc(Cl)c2c(=O)n1CCCS(C)(=O)=O. The van der Waals surface area contributed by atoms with E-state index in [1.165, 1.54) is 4.57 Å². The number of fused-ring (bicyclic) bond motifs is 1. The van der Waals surface area contributed by atoms with Gasteiger partial charge in [0.05, 0.1) is 27.7 Å². The van der Waals surface area contributed by atoms with Crippen LogP contribution in [0.5, 0.6) is 0 Å². The van der Waals surface area contributed by atoms with E-state index < -0.39 is 21.4 Å². The summed E-state index contributed by atoms with van der Waals surface area (Å²) in [5.74, 6) is 0.156. The van der Waals surface area contributed by atoms with E-state index in [0.29, 0.717) is 17.8 Å². The Morgan fingerprint density at radius 1 is 1.27 bits per heavy atom. The molecule has 0 bridgehead atoms. The van der Waals surface area contributed by atoms with Crippen molar-refractivity contribution in [1.29, 1.82) is 5.26 Å². The number of nitrogens with zero attached hydrogens (tertiary/aromatic N) is 5. The predicted molar refractivity (Wildman–Crippen MR) is 128 cm³/mol. The van der Waals surface area contributed by atoms with E-state index in [1.54, 1.807) is 18.2 Å². The van der Waals surface area contributed by atoms with Crippen LogP contribution in [-0.2, 0) is 16.4 Å². The minimum atomic E-state index is -3.22. The van der Waals surface area contributed by atoms with Crippen LogP contribution in [0.15, 0.2) is 23.0 Å². The molecule has 0 saturated heterocycles. The van der Waals surface area contributed by atoms with Crippen LogP contribution in [0, 0.1) is 11.3 Å². The zero-order valence-electron chi connectivity index (χ0n) is 18.0. The van der Waals surface area contributed by atoms with Crippen molar-refractivity contribution in [1.82, 2.24) is 19.5 Å². The minimum absolute atomic E-state index is 0.0115. The normalized spacial score (nSPS) is 12.4. The van der Waals surface area contributed by atoms with Crippen LogP contribution in [0.4, 0.5) is 17.6 Å². The van der Waals surface area contributed by atoms with Crippen LogP contribution in [0.1, 0.15) is 37.2 Å². The first-order valence-corrected chi connectivity index (χ1v) is 12.5. The second-order valence-electron chi connectivity index (χ2n) is 7.45. The Bertz CT molecular complexity index is 1420. The first-order chi connectivity index (χ1) is 15.6. The van der Waals surface area contributed by atoms with E-state index in [2.05, 4.69) is 20.3 Å². The maximum atomic E-state index is 13.4. The van der Waals surface area contributed by atoms with Crippen LogP contribution in [0.2, 0.25) is 5.02 Å². The van der Waals surface area contributed by atoms with E-state index in [-0.39, 0.29) is 52.3 Å². The summed E-state index contributed by atoms with van der Waals surface area (Å²) in [7, 11) is -3.22. The van der Waals surface area contributed by atoms with Crippen LogP contribution in [0.25, 0.3) is 10.9 Å². The largest absolute Gasteiger partial charge is 0.382 e. The van der Waals surface area contributed by atoms with E-state index in [0.717, 1.165) is 6.26 Å². The molecular weight excluding hydrogens is 468 g/mol. The molecule has 0 amide bonds. The Hall–Kier alpha value is -3.43. The molecule has 33 heavy (non-hydrogen) atoms. The Morgan fingerprint density at radius 2 is 2.00 bits per heavy atom. The van der Waals surface area contributed by atoms with Crippen LogP contribution in [0.3, 0.4) is 0 Å². The van der Waals surface area contributed by atoms with Crippen molar-refractivity contribution < 1.29 is 8.42 Å². The number of nitrogens with two attached hydrogens (primary N) is 2. The van der Waals surface area contributed by atoms with Gasteiger partial charge in [-0.2, -0.15) is 15.2 Å². The van der Waals surface area contributed by atoms with Crippen molar-refractivity contribution in [3.05, 3.63) is 45.0 Å². The van der Waals surface area contributed by atoms with Crippen molar-refractivity contribution >= 4 is 49.9 Å². The highest BCUT2D eigenvalue weighted by molar-refractivity contribution is 7.90. The fraction of sp³-hybridized carbons (Fsp3) is 0.350. The molecule has 0 spiro atoms. The number of hydrogen-bond acceptors (Lipinski definition) is 10. The number of benzene rings is 1. The lowest BCUT2D eigenvalue weighted by molar-refractivity contribution is 0.552. The average Bonchev–Trinajstić information content (AvgIpc) is 2.72. The molecule has 3 aromatic rings. The molecule has 0 aliphatic rings. The Kier molecular flexibility index (Phi) is 7.04.